The topological polar surface area (TPSA) is 12.0 Å². The summed E-state index contributed by atoms with van der Waals surface area (Å²) < 4.78 is 13.5. The normalized spacial score (nSPS) is 10.8. The Morgan fingerprint density at radius 3 is 2.61 bits per heavy atom. The van der Waals surface area contributed by atoms with Crippen molar-refractivity contribution in [2.24, 2.45) is 0 Å². The van der Waals surface area contributed by atoms with Crippen molar-refractivity contribution in [1.29, 1.82) is 0 Å². The van der Waals surface area contributed by atoms with Gasteiger partial charge in [0.1, 0.15) is 5.82 Å². The molecule has 1 N–H and O–H groups in total. The van der Waals surface area contributed by atoms with Gasteiger partial charge < -0.3 is 5.32 Å². The van der Waals surface area contributed by atoms with Crippen LogP contribution in [0.5, 0.6) is 0 Å². The van der Waals surface area contributed by atoms with Crippen LogP contribution >= 0.6 is 22.9 Å². The van der Waals surface area contributed by atoms with Crippen LogP contribution in [-0.4, -0.2) is 0 Å². The molecule has 0 aliphatic rings. The third kappa shape index (κ3) is 3.55. The van der Waals surface area contributed by atoms with Crippen molar-refractivity contribution in [3.63, 3.8) is 0 Å². The third-order valence-corrected chi connectivity index (χ3v) is 4.16. The number of hydrogen-bond donors (Lipinski definition) is 1. The SMILES string of the molecule is CCc1ccc(CNCc2ccc(Cl)cc2F)s1. The molecule has 0 bridgehead atoms. The summed E-state index contributed by atoms with van der Waals surface area (Å²) in [5.74, 6) is -0.254. The molecule has 2 rings (SSSR count). The molecule has 1 nitrogen and oxygen atoms in total. The molecule has 0 aliphatic heterocycles. The Hall–Kier alpha value is -0.900. The minimum Gasteiger partial charge on any atom is -0.308 e. The Morgan fingerprint density at radius 2 is 1.94 bits per heavy atom. The molecule has 2 aromatic rings. The van der Waals surface area contributed by atoms with Crippen LogP contribution in [0.2, 0.25) is 5.02 Å². The maximum atomic E-state index is 13.5. The molecule has 1 aromatic heterocycles. The highest BCUT2D eigenvalue weighted by Gasteiger charge is 2.03. The smallest absolute Gasteiger partial charge is 0.129 e. The fourth-order valence-electron chi connectivity index (χ4n) is 1.69. The van der Waals surface area contributed by atoms with Gasteiger partial charge in [0.25, 0.3) is 0 Å². The van der Waals surface area contributed by atoms with Gasteiger partial charge in [-0.05, 0) is 30.7 Å². The standard InChI is InChI=1S/C14H15ClFNS/c1-2-12-5-6-13(18-12)9-17-8-10-3-4-11(15)7-14(10)16/h3-7,17H,2,8-9H2,1H3. The van der Waals surface area contributed by atoms with Crippen molar-refractivity contribution in [3.05, 3.63) is 56.5 Å². The van der Waals surface area contributed by atoms with E-state index in [2.05, 4.69) is 24.4 Å². The Balaban J connectivity index is 1.88. The molecule has 0 radical (unpaired) electrons. The zero-order valence-corrected chi connectivity index (χ0v) is 11.7. The molecule has 96 valence electrons. The van der Waals surface area contributed by atoms with Gasteiger partial charge in [-0.1, -0.05) is 24.6 Å². The number of rotatable bonds is 5. The van der Waals surface area contributed by atoms with Crippen LogP contribution < -0.4 is 5.32 Å². The number of thiophene rings is 1. The summed E-state index contributed by atoms with van der Waals surface area (Å²) in [6.45, 7) is 3.43. The predicted octanol–water partition coefficient (Wildman–Crippen LogP) is 4.39. The molecule has 1 heterocycles. The Bertz CT molecular complexity index is 524. The van der Waals surface area contributed by atoms with Crippen LogP contribution in [0.3, 0.4) is 0 Å². The molecule has 0 unspecified atom stereocenters. The Labute approximate surface area is 116 Å². The summed E-state index contributed by atoms with van der Waals surface area (Å²) >= 11 is 7.50. The largest absolute Gasteiger partial charge is 0.308 e. The number of aryl methyl sites for hydroxylation is 1. The fourth-order valence-corrected chi connectivity index (χ4v) is 2.78. The number of halogens is 2. The molecular formula is C14H15ClFNS. The molecule has 0 fully saturated rings. The summed E-state index contributed by atoms with van der Waals surface area (Å²) in [6.07, 6.45) is 1.07. The van der Waals surface area contributed by atoms with Crippen LogP contribution in [0.15, 0.2) is 30.3 Å². The first-order chi connectivity index (χ1) is 8.69. The van der Waals surface area contributed by atoms with E-state index in [4.69, 9.17) is 11.6 Å². The average molecular weight is 284 g/mol. The maximum absolute atomic E-state index is 13.5. The monoisotopic (exact) mass is 283 g/mol. The van der Waals surface area contributed by atoms with Crippen molar-refractivity contribution >= 4 is 22.9 Å². The van der Waals surface area contributed by atoms with E-state index in [-0.39, 0.29) is 5.82 Å². The average Bonchev–Trinajstić information content (AvgIpc) is 2.80. The first kappa shape index (κ1) is 13.5. The summed E-state index contributed by atoms with van der Waals surface area (Å²) in [6, 6.07) is 9.04. The van der Waals surface area contributed by atoms with E-state index in [1.807, 2.05) is 0 Å². The maximum Gasteiger partial charge on any atom is 0.129 e. The van der Waals surface area contributed by atoms with Gasteiger partial charge in [-0.2, -0.15) is 0 Å². The van der Waals surface area contributed by atoms with Crippen molar-refractivity contribution in [2.45, 2.75) is 26.4 Å². The molecular weight excluding hydrogens is 269 g/mol. The van der Waals surface area contributed by atoms with E-state index in [9.17, 15) is 4.39 Å². The highest BCUT2D eigenvalue weighted by atomic mass is 35.5. The van der Waals surface area contributed by atoms with Crippen molar-refractivity contribution in [1.82, 2.24) is 5.32 Å². The van der Waals surface area contributed by atoms with E-state index in [0.717, 1.165) is 13.0 Å². The van der Waals surface area contributed by atoms with Gasteiger partial charge in [-0.3, -0.25) is 0 Å². The minimum absolute atomic E-state index is 0.254. The van der Waals surface area contributed by atoms with Gasteiger partial charge in [-0.15, -0.1) is 11.3 Å². The van der Waals surface area contributed by atoms with Gasteiger partial charge in [-0.25, -0.2) is 4.39 Å². The number of hydrogen-bond acceptors (Lipinski definition) is 2. The molecule has 0 atom stereocenters. The minimum atomic E-state index is -0.254. The zero-order chi connectivity index (χ0) is 13.0. The summed E-state index contributed by atoms with van der Waals surface area (Å²) in [5.41, 5.74) is 0.645. The second kappa shape index (κ2) is 6.32. The summed E-state index contributed by atoms with van der Waals surface area (Å²) in [7, 11) is 0. The van der Waals surface area contributed by atoms with Crippen molar-refractivity contribution in [3.8, 4) is 0 Å². The lowest BCUT2D eigenvalue weighted by Gasteiger charge is -2.05. The van der Waals surface area contributed by atoms with E-state index in [1.165, 1.54) is 15.8 Å². The first-order valence-corrected chi connectivity index (χ1v) is 7.10. The van der Waals surface area contributed by atoms with Crippen LogP contribution in [0.4, 0.5) is 4.39 Å². The molecule has 18 heavy (non-hydrogen) atoms. The van der Waals surface area contributed by atoms with Crippen LogP contribution in [0.25, 0.3) is 0 Å². The summed E-state index contributed by atoms with van der Waals surface area (Å²) in [5, 5.41) is 3.68. The van der Waals surface area contributed by atoms with Crippen LogP contribution in [0.1, 0.15) is 22.2 Å². The lowest BCUT2D eigenvalue weighted by molar-refractivity contribution is 0.589. The second-order valence-corrected chi connectivity index (χ2v) is 5.75. The lowest BCUT2D eigenvalue weighted by atomic mass is 10.2. The van der Waals surface area contributed by atoms with E-state index in [0.29, 0.717) is 17.1 Å². The van der Waals surface area contributed by atoms with Gasteiger partial charge in [0, 0.05) is 33.4 Å². The quantitative estimate of drug-likeness (QED) is 0.858. The Kier molecular flexibility index (Phi) is 4.75. The third-order valence-electron chi connectivity index (χ3n) is 2.70. The molecule has 0 aliphatic carbocycles. The molecule has 0 saturated heterocycles. The van der Waals surface area contributed by atoms with Gasteiger partial charge in [0.05, 0.1) is 0 Å². The van der Waals surface area contributed by atoms with Crippen LogP contribution in [-0.2, 0) is 19.5 Å². The highest BCUT2D eigenvalue weighted by Crippen LogP contribution is 2.17. The molecule has 4 heteroatoms. The lowest BCUT2D eigenvalue weighted by Crippen LogP contribution is -2.12. The molecule has 0 spiro atoms. The van der Waals surface area contributed by atoms with E-state index in [1.54, 1.807) is 23.5 Å². The molecule has 0 saturated carbocycles. The van der Waals surface area contributed by atoms with Crippen molar-refractivity contribution in [2.75, 3.05) is 0 Å². The van der Waals surface area contributed by atoms with Crippen molar-refractivity contribution < 1.29 is 4.39 Å². The van der Waals surface area contributed by atoms with E-state index >= 15 is 0 Å². The fraction of sp³-hybridized carbons (Fsp3) is 0.286. The van der Waals surface area contributed by atoms with Gasteiger partial charge in [0.15, 0.2) is 0 Å². The second-order valence-electron chi connectivity index (χ2n) is 4.06. The van der Waals surface area contributed by atoms with Gasteiger partial charge in [0.2, 0.25) is 0 Å². The summed E-state index contributed by atoms with van der Waals surface area (Å²) in [4.78, 5) is 2.66. The molecule has 0 amide bonds. The predicted molar refractivity (Wildman–Crippen MR) is 75.7 cm³/mol. The zero-order valence-electron chi connectivity index (χ0n) is 10.2. The Morgan fingerprint density at radius 1 is 1.17 bits per heavy atom. The first-order valence-electron chi connectivity index (χ1n) is 5.91. The highest BCUT2D eigenvalue weighted by molar-refractivity contribution is 7.11. The number of nitrogens with one attached hydrogen (secondary N) is 1. The van der Waals surface area contributed by atoms with E-state index < -0.39 is 0 Å². The molecule has 1 aromatic carbocycles. The number of benzene rings is 1. The van der Waals surface area contributed by atoms with Gasteiger partial charge >= 0.3 is 0 Å². The van der Waals surface area contributed by atoms with Crippen LogP contribution in [0, 0.1) is 5.82 Å².